The molecule has 0 saturated heterocycles. The van der Waals surface area contributed by atoms with Crippen molar-refractivity contribution in [3.05, 3.63) is 82.2 Å². The van der Waals surface area contributed by atoms with E-state index in [1.54, 1.807) is 28.8 Å². The molecule has 0 bridgehead atoms. The molecule has 0 radical (unpaired) electrons. The van der Waals surface area contributed by atoms with Crippen LogP contribution >= 0.6 is 0 Å². The molecule has 2 aliphatic carbocycles. The minimum absolute atomic E-state index is 0.136. The molecule has 2 aliphatic rings. The summed E-state index contributed by atoms with van der Waals surface area (Å²) in [7, 11) is 0. The maximum Gasteiger partial charge on any atom is 0.123 e. The zero-order valence-corrected chi connectivity index (χ0v) is 15.8. The first kappa shape index (κ1) is 17.5. The van der Waals surface area contributed by atoms with Gasteiger partial charge in [0.25, 0.3) is 0 Å². The Balaban J connectivity index is 1.50. The fourth-order valence-corrected chi connectivity index (χ4v) is 5.01. The quantitative estimate of drug-likeness (QED) is 0.549. The molecule has 0 N–H and O–H groups in total. The first-order valence-electron chi connectivity index (χ1n) is 10.2. The third kappa shape index (κ3) is 3.63. The molecule has 0 spiro atoms. The molecule has 2 atom stereocenters. The van der Waals surface area contributed by atoms with Crippen LogP contribution in [0.3, 0.4) is 0 Å². The van der Waals surface area contributed by atoms with Crippen LogP contribution in [0, 0.1) is 11.7 Å². The van der Waals surface area contributed by atoms with Gasteiger partial charge in [-0.2, -0.15) is 0 Å². The van der Waals surface area contributed by atoms with Crippen LogP contribution in [0.5, 0.6) is 0 Å². The van der Waals surface area contributed by atoms with Crippen molar-refractivity contribution in [3.8, 4) is 0 Å². The molecule has 0 amide bonds. The topological polar surface area (TPSA) is 0 Å². The molecule has 136 valence electrons. The molecule has 4 rings (SSSR count). The second-order valence-corrected chi connectivity index (χ2v) is 8.09. The minimum atomic E-state index is -0.136. The van der Waals surface area contributed by atoms with Crippen molar-refractivity contribution < 1.29 is 4.39 Å². The van der Waals surface area contributed by atoms with Crippen molar-refractivity contribution in [3.63, 3.8) is 0 Å². The molecule has 0 aromatic heterocycles. The molecular formula is C25H29F. The average Bonchev–Trinajstić information content (AvgIpc) is 2.68. The summed E-state index contributed by atoms with van der Waals surface area (Å²) in [6.07, 6.45) is 14.4. The maximum atomic E-state index is 13.2. The highest BCUT2D eigenvalue weighted by atomic mass is 19.1. The van der Waals surface area contributed by atoms with Crippen LogP contribution in [0.25, 0.3) is 0 Å². The van der Waals surface area contributed by atoms with Crippen LogP contribution in [-0.2, 0) is 25.7 Å². The van der Waals surface area contributed by atoms with Crippen LogP contribution < -0.4 is 0 Å². The number of hydrogen-bond acceptors (Lipinski definition) is 0. The van der Waals surface area contributed by atoms with Crippen LogP contribution in [0.15, 0.2) is 48.6 Å². The van der Waals surface area contributed by atoms with Gasteiger partial charge in [0.15, 0.2) is 0 Å². The van der Waals surface area contributed by atoms with Crippen LogP contribution in [0.2, 0.25) is 0 Å². The molecule has 0 fully saturated rings. The van der Waals surface area contributed by atoms with Gasteiger partial charge in [-0.25, -0.2) is 4.39 Å². The van der Waals surface area contributed by atoms with Crippen molar-refractivity contribution in [2.45, 2.75) is 64.2 Å². The average molecular weight is 349 g/mol. The third-order valence-electron chi connectivity index (χ3n) is 6.46. The summed E-state index contributed by atoms with van der Waals surface area (Å²) in [5, 5.41) is 0. The van der Waals surface area contributed by atoms with E-state index in [0.29, 0.717) is 5.92 Å². The van der Waals surface area contributed by atoms with E-state index in [1.807, 2.05) is 12.1 Å². The van der Waals surface area contributed by atoms with Crippen molar-refractivity contribution in [1.29, 1.82) is 0 Å². The number of allylic oxidation sites excluding steroid dienone is 2. The van der Waals surface area contributed by atoms with Crippen LogP contribution in [0.1, 0.15) is 66.3 Å². The zero-order valence-electron chi connectivity index (χ0n) is 15.8. The van der Waals surface area contributed by atoms with Gasteiger partial charge < -0.3 is 0 Å². The van der Waals surface area contributed by atoms with E-state index in [-0.39, 0.29) is 5.82 Å². The van der Waals surface area contributed by atoms with Gasteiger partial charge in [0.05, 0.1) is 0 Å². The van der Waals surface area contributed by atoms with Crippen LogP contribution in [0.4, 0.5) is 4.39 Å². The first-order chi connectivity index (χ1) is 12.7. The van der Waals surface area contributed by atoms with Gasteiger partial charge >= 0.3 is 0 Å². The number of hydrogen-bond donors (Lipinski definition) is 0. The first-order valence-corrected chi connectivity index (χ1v) is 10.2. The highest BCUT2D eigenvalue weighted by molar-refractivity contribution is 5.45. The van der Waals surface area contributed by atoms with Gasteiger partial charge in [-0.3, -0.25) is 0 Å². The fourth-order valence-electron chi connectivity index (χ4n) is 5.01. The zero-order chi connectivity index (χ0) is 17.9. The van der Waals surface area contributed by atoms with Gasteiger partial charge in [-0.15, -0.1) is 0 Å². The van der Waals surface area contributed by atoms with Gasteiger partial charge in [-0.1, -0.05) is 36.4 Å². The Bertz CT molecular complexity index is 785. The maximum absolute atomic E-state index is 13.2. The molecular weight excluding hydrogens is 319 g/mol. The fraction of sp³-hybridized carbons (Fsp3) is 0.440. The molecule has 1 heteroatoms. The van der Waals surface area contributed by atoms with E-state index >= 15 is 0 Å². The van der Waals surface area contributed by atoms with E-state index in [0.717, 1.165) is 12.3 Å². The number of benzene rings is 2. The van der Waals surface area contributed by atoms with Gasteiger partial charge in [-0.05, 0) is 110 Å². The van der Waals surface area contributed by atoms with Gasteiger partial charge in [0.1, 0.15) is 5.82 Å². The molecule has 0 aliphatic heterocycles. The Labute approximate surface area is 157 Å². The van der Waals surface area contributed by atoms with Gasteiger partial charge in [0.2, 0.25) is 0 Å². The highest BCUT2D eigenvalue weighted by Gasteiger charge is 2.26. The van der Waals surface area contributed by atoms with Crippen molar-refractivity contribution in [1.82, 2.24) is 0 Å². The summed E-state index contributed by atoms with van der Waals surface area (Å²) in [6.45, 7) is 2.11. The van der Waals surface area contributed by atoms with Crippen LogP contribution in [-0.4, -0.2) is 0 Å². The molecule has 0 heterocycles. The Kier molecular flexibility index (Phi) is 5.24. The predicted octanol–water partition coefficient (Wildman–Crippen LogP) is 6.56. The molecule has 2 aromatic carbocycles. The predicted molar refractivity (Wildman–Crippen MR) is 107 cm³/mol. The van der Waals surface area contributed by atoms with E-state index < -0.39 is 0 Å². The largest absolute Gasteiger partial charge is 0.207 e. The summed E-state index contributed by atoms with van der Waals surface area (Å²) in [5.41, 5.74) is 7.76. The second kappa shape index (κ2) is 7.78. The Morgan fingerprint density at radius 1 is 0.923 bits per heavy atom. The summed E-state index contributed by atoms with van der Waals surface area (Å²) in [5.74, 6) is 1.26. The molecule has 0 unspecified atom stereocenters. The lowest BCUT2D eigenvalue weighted by molar-refractivity contribution is 0.427. The second-order valence-electron chi connectivity index (χ2n) is 8.09. The summed E-state index contributed by atoms with van der Waals surface area (Å²) >= 11 is 0. The van der Waals surface area contributed by atoms with E-state index in [4.69, 9.17) is 0 Å². The molecule has 26 heavy (non-hydrogen) atoms. The smallest absolute Gasteiger partial charge is 0.123 e. The summed E-state index contributed by atoms with van der Waals surface area (Å²) < 4.78 is 13.2. The monoisotopic (exact) mass is 348 g/mol. The highest BCUT2D eigenvalue weighted by Crippen LogP contribution is 2.38. The lowest BCUT2D eigenvalue weighted by Gasteiger charge is -2.32. The standard InChI is InChI=1S/C25H29F/c1-2-3-4-5-18-6-14-24-21(16-18)7-8-22-17-20(11-15-25(22)24)19-9-12-23(26)13-10-19/h2-3,7-10,12-13,18,20H,4-6,11,14-17H2,1H3/t18-,20-/m0/s1. The normalized spacial score (nSPS) is 22.2. The number of fused-ring (bicyclic) bond motifs is 3. The molecule has 0 saturated carbocycles. The Hall–Kier alpha value is -1.89. The van der Waals surface area contributed by atoms with E-state index in [9.17, 15) is 4.39 Å². The Morgan fingerprint density at radius 2 is 1.62 bits per heavy atom. The molecule has 0 nitrogen and oxygen atoms in total. The minimum Gasteiger partial charge on any atom is -0.207 e. The van der Waals surface area contributed by atoms with Crippen molar-refractivity contribution in [2.75, 3.05) is 0 Å². The SMILES string of the molecule is CC=CCC[C@H]1CCc2c(ccc3c2CC[C@H](c2ccc(F)cc2)C3)C1. The van der Waals surface area contributed by atoms with E-state index in [2.05, 4.69) is 31.2 Å². The van der Waals surface area contributed by atoms with Crippen molar-refractivity contribution >= 4 is 0 Å². The summed E-state index contributed by atoms with van der Waals surface area (Å²) in [4.78, 5) is 0. The number of halogens is 1. The summed E-state index contributed by atoms with van der Waals surface area (Å²) in [6, 6.07) is 11.9. The lowest BCUT2D eigenvalue weighted by Crippen LogP contribution is -2.20. The number of rotatable bonds is 4. The Morgan fingerprint density at radius 3 is 2.35 bits per heavy atom. The van der Waals surface area contributed by atoms with Crippen molar-refractivity contribution in [2.24, 2.45) is 5.92 Å². The molecule has 2 aromatic rings. The third-order valence-corrected chi connectivity index (χ3v) is 6.46. The van der Waals surface area contributed by atoms with Gasteiger partial charge in [0, 0.05) is 0 Å². The lowest BCUT2D eigenvalue weighted by atomic mass is 9.73. The van der Waals surface area contributed by atoms with E-state index in [1.165, 1.54) is 56.1 Å².